The molecule has 16 nitrogen and oxygen atoms in total. The van der Waals surface area contributed by atoms with Crippen LogP contribution in [0.25, 0.3) is 44.3 Å². The van der Waals surface area contributed by atoms with Gasteiger partial charge in [-0.15, -0.1) is 0 Å². The zero-order valence-electron chi connectivity index (χ0n) is 42.2. The summed E-state index contributed by atoms with van der Waals surface area (Å²) in [4.78, 5) is 64.2. The first-order valence-corrected chi connectivity index (χ1v) is 25.0. The molecular formula is C55H60Cl2N12O4. The van der Waals surface area contributed by atoms with Crippen molar-refractivity contribution in [2.24, 2.45) is 11.8 Å². The van der Waals surface area contributed by atoms with E-state index in [2.05, 4.69) is 56.5 Å². The van der Waals surface area contributed by atoms with Gasteiger partial charge in [0.2, 0.25) is 23.7 Å². The molecule has 4 aromatic heterocycles. The number of H-pyrrole nitrogens is 2. The highest BCUT2D eigenvalue weighted by Gasteiger charge is 2.31. The van der Waals surface area contributed by atoms with Crippen LogP contribution >= 0.6 is 23.2 Å². The number of anilines is 6. The second kappa shape index (κ2) is 23.8. The minimum atomic E-state index is -0.580. The molecule has 0 bridgehead atoms. The third kappa shape index (κ3) is 13.3. The van der Waals surface area contributed by atoms with Crippen molar-refractivity contribution in [3.05, 3.63) is 132 Å². The summed E-state index contributed by atoms with van der Waals surface area (Å²) < 4.78 is 11.7. The summed E-state index contributed by atoms with van der Waals surface area (Å²) in [5.41, 5.74) is 7.34. The van der Waals surface area contributed by atoms with E-state index in [0.717, 1.165) is 76.7 Å². The van der Waals surface area contributed by atoms with E-state index in [1.807, 2.05) is 130 Å². The fourth-order valence-electron chi connectivity index (χ4n) is 8.62. The van der Waals surface area contributed by atoms with E-state index in [4.69, 9.17) is 29.3 Å². The number of ether oxygens (including phenoxy) is 1. The summed E-state index contributed by atoms with van der Waals surface area (Å²) >= 11 is 12.9. The molecule has 2 atom stereocenters. The molecule has 0 spiro atoms. The second-order valence-electron chi connectivity index (χ2n) is 18.5. The molecule has 3 amide bonds. The average molecular weight is 1030 g/mol. The maximum atomic E-state index is 13.1. The molecule has 4 aromatic carbocycles. The quantitative estimate of drug-likeness (QED) is 0.0686. The van der Waals surface area contributed by atoms with Crippen LogP contribution < -0.4 is 26.6 Å². The third-order valence-corrected chi connectivity index (χ3v) is 12.6. The molecule has 0 saturated carbocycles. The van der Waals surface area contributed by atoms with Crippen molar-refractivity contribution in [3.63, 3.8) is 0 Å². The summed E-state index contributed by atoms with van der Waals surface area (Å²) in [6.07, 6.45) is 9.94. The van der Waals surface area contributed by atoms with Crippen LogP contribution in [0.4, 0.5) is 39.4 Å². The van der Waals surface area contributed by atoms with Crippen molar-refractivity contribution in [2.45, 2.75) is 65.9 Å². The SMILES string of the molecule is CC(C)(C)OC(=O)N1CCC[C@@H](C(=O)Nc2cccc(Nc3ncc(Cl)c(-c4c[nH]c5ccccc45)n3)c2)C1.O=C(Nc1cccc(Nc2ncc(Cl)c(-c3c[nH]c4ccccc34)n2)c1)[C@@H]1CCCNC1.[2H]CC. The standard InChI is InChI=1S/C29H31ClN6O3.C24H23ClN6O.C2H6/c1-29(2,3)39-28(38)36-13-7-8-18(17-36)26(37)33-19-9-6-10-20(14-19)34-27-32-16-23(30)25(35-27)22-15-31-24-12-5-4-11-21(22)24;25-20-14-28-24(31-22(20)19-13-27-21-9-2-1-8-18(19)21)30-17-7-3-6-16(11-17)29-23(32)15-5-4-10-26-12-15;1-2/h4-6,9-12,14-16,18,31H,7-8,13,17H2,1-3H3,(H,33,37)(H,32,34,35);1-3,6-9,11,13-15,26-27H,4-5,10,12H2,(H,29,32)(H,28,30,31);1-2H3/t18-;15-;/m11./s1/i;;1D. The maximum absolute atomic E-state index is 13.1. The molecule has 0 radical (unpaired) electrons. The number of likely N-dealkylation sites (tertiary alicyclic amines) is 1. The molecule has 2 saturated heterocycles. The van der Waals surface area contributed by atoms with E-state index >= 15 is 0 Å². The van der Waals surface area contributed by atoms with Crippen molar-refractivity contribution in [3.8, 4) is 22.5 Å². The Balaban J connectivity index is 0.000000190. The van der Waals surface area contributed by atoms with Crippen LogP contribution in [-0.2, 0) is 14.3 Å². The van der Waals surface area contributed by atoms with Crippen LogP contribution in [0, 0.1) is 11.8 Å². The van der Waals surface area contributed by atoms with Gasteiger partial charge in [0.1, 0.15) is 5.60 Å². The number of piperidine rings is 2. The Bertz CT molecular complexity index is 3230. The molecule has 2 aliphatic rings. The number of carbonyl (C=O) groups is 3. The highest BCUT2D eigenvalue weighted by atomic mass is 35.5. The van der Waals surface area contributed by atoms with Crippen LogP contribution in [0.5, 0.6) is 0 Å². The number of halogens is 2. The van der Waals surface area contributed by atoms with Crippen molar-refractivity contribution in [2.75, 3.05) is 47.4 Å². The molecule has 10 rings (SSSR count). The lowest BCUT2D eigenvalue weighted by Crippen LogP contribution is -2.45. The van der Waals surface area contributed by atoms with Gasteiger partial charge in [0.05, 0.1) is 45.7 Å². The van der Waals surface area contributed by atoms with Gasteiger partial charge in [-0.1, -0.05) is 85.6 Å². The average Bonchev–Trinajstić information content (AvgIpc) is 4.03. The highest BCUT2D eigenvalue weighted by molar-refractivity contribution is 6.33. The van der Waals surface area contributed by atoms with Gasteiger partial charge in [-0.05, 0) is 102 Å². The van der Waals surface area contributed by atoms with Gasteiger partial charge in [0.25, 0.3) is 0 Å². The predicted octanol–water partition coefficient (Wildman–Crippen LogP) is 12.6. The number of carbonyl (C=O) groups excluding carboxylic acids is 3. The van der Waals surface area contributed by atoms with E-state index in [1.165, 1.54) is 0 Å². The first-order chi connectivity index (χ1) is 35.7. The number of nitrogens with one attached hydrogen (secondary N) is 7. The van der Waals surface area contributed by atoms with Gasteiger partial charge in [-0.3, -0.25) is 9.59 Å². The lowest BCUT2D eigenvalue weighted by molar-refractivity contribution is -0.121. The molecule has 0 unspecified atom stereocenters. The normalized spacial score (nSPS) is 15.7. The lowest BCUT2D eigenvalue weighted by Gasteiger charge is -2.33. The van der Waals surface area contributed by atoms with Gasteiger partial charge in [-0.2, -0.15) is 0 Å². The summed E-state index contributed by atoms with van der Waals surface area (Å²) in [6, 6.07) is 30.8. The zero-order chi connectivity index (χ0) is 52.2. The van der Waals surface area contributed by atoms with Crippen molar-refractivity contribution in [1.29, 1.82) is 0 Å². The monoisotopic (exact) mass is 1020 g/mol. The van der Waals surface area contributed by atoms with Crippen LogP contribution in [0.1, 0.15) is 61.6 Å². The van der Waals surface area contributed by atoms with Crippen molar-refractivity contribution >= 4 is 97.6 Å². The molecule has 6 heterocycles. The first kappa shape index (κ1) is 50.4. The Hall–Kier alpha value is -7.53. The number of fused-ring (bicyclic) bond motifs is 2. The molecule has 73 heavy (non-hydrogen) atoms. The smallest absolute Gasteiger partial charge is 0.410 e. The van der Waals surface area contributed by atoms with E-state index in [9.17, 15) is 14.4 Å². The van der Waals surface area contributed by atoms with Gasteiger partial charge >= 0.3 is 6.09 Å². The number of hydrogen-bond acceptors (Lipinski definition) is 11. The number of benzene rings is 4. The molecule has 378 valence electrons. The number of amides is 3. The van der Waals surface area contributed by atoms with Crippen molar-refractivity contribution < 1.29 is 20.5 Å². The van der Waals surface area contributed by atoms with E-state index < -0.39 is 5.60 Å². The van der Waals surface area contributed by atoms with Crippen LogP contribution in [0.3, 0.4) is 0 Å². The van der Waals surface area contributed by atoms with Crippen molar-refractivity contribution in [1.82, 2.24) is 40.1 Å². The first-order valence-electron chi connectivity index (χ1n) is 25.0. The van der Waals surface area contributed by atoms with Gasteiger partial charge < -0.3 is 46.2 Å². The van der Waals surface area contributed by atoms with Crippen LogP contribution in [0.2, 0.25) is 10.0 Å². The summed E-state index contributed by atoms with van der Waals surface area (Å²) in [5, 5.41) is 18.7. The minimum Gasteiger partial charge on any atom is -0.444 e. The number of nitrogens with zero attached hydrogens (tertiary/aromatic N) is 5. The van der Waals surface area contributed by atoms with E-state index in [1.54, 1.807) is 24.2 Å². The Labute approximate surface area is 435 Å². The summed E-state index contributed by atoms with van der Waals surface area (Å²) in [7, 11) is 0. The Morgan fingerprint density at radius 1 is 0.699 bits per heavy atom. The summed E-state index contributed by atoms with van der Waals surface area (Å²) in [5.74, 6) is 0.390. The molecule has 8 aromatic rings. The fraction of sp³-hybridized carbons (Fsp3) is 0.291. The molecule has 18 heteroatoms. The minimum absolute atomic E-state index is 0.00121. The predicted molar refractivity (Wildman–Crippen MR) is 293 cm³/mol. The van der Waals surface area contributed by atoms with Gasteiger partial charge in [-0.25, -0.2) is 24.7 Å². The molecule has 0 aliphatic carbocycles. The Morgan fingerprint density at radius 2 is 1.19 bits per heavy atom. The second-order valence-corrected chi connectivity index (χ2v) is 19.3. The number of rotatable bonds is 10. The number of aromatic nitrogens is 6. The Morgan fingerprint density at radius 3 is 1.70 bits per heavy atom. The molecule has 2 fully saturated rings. The fourth-order valence-corrected chi connectivity index (χ4v) is 9.01. The number of para-hydroxylation sites is 2. The van der Waals surface area contributed by atoms with Crippen LogP contribution in [-0.4, -0.2) is 84.5 Å². The highest BCUT2D eigenvalue weighted by Crippen LogP contribution is 2.35. The largest absolute Gasteiger partial charge is 0.444 e. The molecule has 7 N–H and O–H groups in total. The van der Waals surface area contributed by atoms with Crippen LogP contribution in [0.15, 0.2) is 122 Å². The van der Waals surface area contributed by atoms with E-state index in [0.29, 0.717) is 71.1 Å². The number of aromatic amines is 2. The zero-order valence-corrected chi connectivity index (χ0v) is 42.7. The molecule has 2 aliphatic heterocycles. The molecular weight excluding hydrogens is 964 g/mol. The van der Waals surface area contributed by atoms with E-state index in [-0.39, 0.29) is 29.7 Å². The summed E-state index contributed by atoms with van der Waals surface area (Å²) in [6.45, 7) is 10.4. The third-order valence-electron chi connectivity index (χ3n) is 12.1. The topological polar surface area (TPSA) is 207 Å². The lowest BCUT2D eigenvalue weighted by atomic mass is 9.97. The van der Waals surface area contributed by atoms with Gasteiger partial charge in [0, 0.05) is 89.1 Å². The van der Waals surface area contributed by atoms with Gasteiger partial charge in [0.15, 0.2) is 0 Å². The maximum Gasteiger partial charge on any atom is 0.410 e. The number of hydrogen-bond donors (Lipinski definition) is 7. The Kier molecular flexibility index (Phi) is 16.4.